The van der Waals surface area contributed by atoms with Gasteiger partial charge in [0.25, 0.3) is 0 Å². The van der Waals surface area contributed by atoms with Crippen LogP contribution in [0.4, 0.5) is 10.5 Å². The van der Waals surface area contributed by atoms with Crippen molar-refractivity contribution in [3.8, 4) is 17.5 Å². The first-order chi connectivity index (χ1) is 14.2. The molecule has 29 heavy (non-hydrogen) atoms. The number of benzene rings is 2. The van der Waals surface area contributed by atoms with Gasteiger partial charge in [-0.1, -0.05) is 18.2 Å². The number of aromatic nitrogens is 4. The molecule has 1 saturated heterocycles. The average Bonchev–Trinajstić information content (AvgIpc) is 3.20. The van der Waals surface area contributed by atoms with Crippen LogP contribution in [0, 0.1) is 11.3 Å². The quantitative estimate of drug-likeness (QED) is 0.744. The Hall–Kier alpha value is -3.73. The predicted molar refractivity (Wildman–Crippen MR) is 108 cm³/mol. The number of nitriles is 1. The highest BCUT2D eigenvalue weighted by Crippen LogP contribution is 2.30. The Kier molecular flexibility index (Phi) is 5.20. The molecule has 1 aromatic heterocycles. The van der Waals surface area contributed by atoms with Crippen molar-refractivity contribution in [3.05, 3.63) is 59.7 Å². The number of nitrogens with zero attached hydrogens (tertiary/aromatic N) is 6. The summed E-state index contributed by atoms with van der Waals surface area (Å²) in [6, 6.07) is 17.3. The van der Waals surface area contributed by atoms with Crippen LogP contribution in [0.2, 0.25) is 0 Å². The van der Waals surface area contributed by atoms with Crippen LogP contribution in [0.3, 0.4) is 0 Å². The molecule has 1 aliphatic rings. The second-order valence-electron chi connectivity index (χ2n) is 7.09. The van der Waals surface area contributed by atoms with Gasteiger partial charge >= 0.3 is 6.03 Å². The molecule has 4 rings (SSSR count). The van der Waals surface area contributed by atoms with E-state index in [0.717, 1.165) is 35.2 Å². The molecule has 0 spiro atoms. The highest BCUT2D eigenvalue weighted by atomic mass is 16.2. The van der Waals surface area contributed by atoms with Crippen LogP contribution < -0.4 is 5.32 Å². The van der Waals surface area contributed by atoms with E-state index in [-0.39, 0.29) is 6.03 Å². The third-order valence-corrected chi connectivity index (χ3v) is 5.32. The molecule has 0 atom stereocenters. The molecule has 0 unspecified atom stereocenters. The topological polar surface area (TPSA) is 99.7 Å². The third-order valence-electron chi connectivity index (χ3n) is 5.32. The van der Waals surface area contributed by atoms with Crippen molar-refractivity contribution >= 4 is 11.7 Å². The first-order valence-electron chi connectivity index (χ1n) is 9.53. The molecule has 2 heterocycles. The zero-order valence-electron chi connectivity index (χ0n) is 16.1. The smallest absolute Gasteiger partial charge is 0.321 e. The monoisotopic (exact) mass is 387 g/mol. The minimum Gasteiger partial charge on any atom is -0.324 e. The van der Waals surface area contributed by atoms with E-state index in [2.05, 4.69) is 26.9 Å². The number of carbonyl (C=O) groups excluding carboxylic acids is 1. The zero-order chi connectivity index (χ0) is 20.2. The molecule has 8 heteroatoms. The number of anilines is 1. The number of piperidine rings is 1. The molecule has 0 bridgehead atoms. The van der Waals surface area contributed by atoms with Gasteiger partial charge in [-0.05, 0) is 65.1 Å². The second-order valence-corrected chi connectivity index (χ2v) is 7.09. The van der Waals surface area contributed by atoms with E-state index in [1.807, 2.05) is 53.4 Å². The van der Waals surface area contributed by atoms with E-state index < -0.39 is 0 Å². The average molecular weight is 387 g/mol. The van der Waals surface area contributed by atoms with Gasteiger partial charge in [-0.25, -0.2) is 9.48 Å². The molecule has 2 aromatic carbocycles. The number of nitrogens with one attached hydrogen (secondary N) is 1. The maximum absolute atomic E-state index is 12.6. The Bertz CT molecular complexity index is 1040. The van der Waals surface area contributed by atoms with Crippen molar-refractivity contribution in [1.82, 2.24) is 25.1 Å². The van der Waals surface area contributed by atoms with E-state index in [1.165, 1.54) is 0 Å². The van der Waals surface area contributed by atoms with E-state index in [9.17, 15) is 10.1 Å². The first kappa shape index (κ1) is 18.6. The van der Waals surface area contributed by atoms with E-state index >= 15 is 0 Å². The number of aryl methyl sites for hydroxylation is 1. The molecule has 1 aliphatic heterocycles. The van der Waals surface area contributed by atoms with Crippen LogP contribution in [0.25, 0.3) is 11.4 Å². The number of hydrogen-bond acceptors (Lipinski definition) is 5. The van der Waals surface area contributed by atoms with Gasteiger partial charge in [-0.3, -0.25) is 0 Å². The Morgan fingerprint density at radius 2 is 1.86 bits per heavy atom. The van der Waals surface area contributed by atoms with Crippen LogP contribution >= 0.6 is 0 Å². The molecule has 146 valence electrons. The Labute approximate surface area is 168 Å². The summed E-state index contributed by atoms with van der Waals surface area (Å²) in [4.78, 5) is 14.5. The first-order valence-corrected chi connectivity index (χ1v) is 9.53. The number of rotatable bonds is 3. The normalized spacial score (nSPS) is 14.4. The summed E-state index contributed by atoms with van der Waals surface area (Å²) in [6.45, 7) is 1.33. The van der Waals surface area contributed by atoms with Crippen molar-refractivity contribution in [2.75, 3.05) is 18.4 Å². The number of hydrogen-bond donors (Lipinski definition) is 1. The summed E-state index contributed by atoms with van der Waals surface area (Å²) in [5, 5.41) is 23.7. The van der Waals surface area contributed by atoms with E-state index in [4.69, 9.17) is 0 Å². The molecule has 3 aromatic rings. The van der Waals surface area contributed by atoms with Crippen LogP contribution in [0.15, 0.2) is 48.5 Å². The van der Waals surface area contributed by atoms with Gasteiger partial charge in [0.05, 0.1) is 11.6 Å². The summed E-state index contributed by atoms with van der Waals surface area (Å²) in [6.07, 6.45) is 1.70. The fraction of sp³-hybridized carbons (Fsp3) is 0.286. The maximum atomic E-state index is 12.6. The second kappa shape index (κ2) is 8.10. The van der Waals surface area contributed by atoms with E-state index in [0.29, 0.717) is 24.8 Å². The lowest BCUT2D eigenvalue weighted by molar-refractivity contribution is 0.194. The highest BCUT2D eigenvalue weighted by molar-refractivity contribution is 5.89. The molecule has 0 radical (unpaired) electrons. The molecule has 8 nitrogen and oxygen atoms in total. The minimum atomic E-state index is -0.106. The van der Waals surface area contributed by atoms with Gasteiger partial charge in [-0.15, -0.1) is 5.10 Å². The molecule has 1 N–H and O–H groups in total. The van der Waals surface area contributed by atoms with Gasteiger partial charge in [0, 0.05) is 31.4 Å². The number of urea groups is 1. The van der Waals surface area contributed by atoms with Crippen molar-refractivity contribution in [2.24, 2.45) is 7.05 Å². The largest absolute Gasteiger partial charge is 0.324 e. The molecule has 1 fully saturated rings. The van der Waals surface area contributed by atoms with Crippen LogP contribution in [0.1, 0.15) is 29.9 Å². The lowest BCUT2D eigenvalue weighted by atomic mass is 9.87. The number of likely N-dealkylation sites (tertiary alicyclic amines) is 1. The molecular formula is C21H21N7O. The number of carbonyl (C=O) groups is 1. The highest BCUT2D eigenvalue weighted by Gasteiger charge is 2.25. The zero-order valence-corrected chi connectivity index (χ0v) is 16.1. The van der Waals surface area contributed by atoms with Gasteiger partial charge in [0.2, 0.25) is 0 Å². The van der Waals surface area contributed by atoms with Crippen LogP contribution in [-0.2, 0) is 7.05 Å². The summed E-state index contributed by atoms with van der Waals surface area (Å²) >= 11 is 0. The van der Waals surface area contributed by atoms with Gasteiger partial charge in [0.15, 0.2) is 5.82 Å². The Balaban J connectivity index is 1.35. The van der Waals surface area contributed by atoms with Crippen molar-refractivity contribution in [1.29, 1.82) is 5.26 Å². The van der Waals surface area contributed by atoms with Gasteiger partial charge < -0.3 is 10.2 Å². The van der Waals surface area contributed by atoms with Crippen LogP contribution in [-0.4, -0.2) is 44.2 Å². The Morgan fingerprint density at radius 3 is 2.52 bits per heavy atom. The maximum Gasteiger partial charge on any atom is 0.321 e. The summed E-state index contributed by atoms with van der Waals surface area (Å²) in [7, 11) is 1.78. The fourth-order valence-electron chi connectivity index (χ4n) is 3.73. The lowest BCUT2D eigenvalue weighted by Gasteiger charge is -2.32. The summed E-state index contributed by atoms with van der Waals surface area (Å²) < 4.78 is 1.60. The SMILES string of the molecule is Cn1nnnc1-c1ccc(NC(=O)N2CCC(c3ccccc3C#N)CC2)cc1. The standard InChI is InChI=1S/C21H21N7O/c1-27-20(24-25-26-27)16-6-8-18(9-7-16)23-21(29)28-12-10-15(11-13-28)19-5-3-2-4-17(19)14-22/h2-9,15H,10-13H2,1H3,(H,23,29). The molecule has 0 aliphatic carbocycles. The summed E-state index contributed by atoms with van der Waals surface area (Å²) in [5.74, 6) is 0.983. The minimum absolute atomic E-state index is 0.106. The number of amides is 2. The molecule has 0 saturated carbocycles. The summed E-state index contributed by atoms with van der Waals surface area (Å²) in [5.41, 5.74) is 3.43. The number of tetrazole rings is 1. The van der Waals surface area contributed by atoms with Gasteiger partial charge in [-0.2, -0.15) is 5.26 Å². The van der Waals surface area contributed by atoms with E-state index in [1.54, 1.807) is 11.7 Å². The molecule has 2 amide bonds. The predicted octanol–water partition coefficient (Wildman–Crippen LogP) is 3.16. The lowest BCUT2D eigenvalue weighted by Crippen LogP contribution is -2.40. The van der Waals surface area contributed by atoms with Crippen molar-refractivity contribution in [2.45, 2.75) is 18.8 Å². The fourth-order valence-corrected chi connectivity index (χ4v) is 3.73. The van der Waals surface area contributed by atoms with Crippen molar-refractivity contribution < 1.29 is 4.79 Å². The van der Waals surface area contributed by atoms with Gasteiger partial charge in [0.1, 0.15) is 0 Å². The van der Waals surface area contributed by atoms with Crippen LogP contribution in [0.5, 0.6) is 0 Å². The Morgan fingerprint density at radius 1 is 1.14 bits per heavy atom. The molecular weight excluding hydrogens is 366 g/mol. The third kappa shape index (κ3) is 3.94. The van der Waals surface area contributed by atoms with Crippen molar-refractivity contribution in [3.63, 3.8) is 0 Å².